The molecule has 0 unspecified atom stereocenters. The van der Waals surface area contributed by atoms with E-state index in [-0.39, 0.29) is 24.2 Å². The lowest BCUT2D eigenvalue weighted by molar-refractivity contribution is -0.146. The Hall–Kier alpha value is -2.37. The molecule has 6 nitrogen and oxygen atoms in total. The summed E-state index contributed by atoms with van der Waals surface area (Å²) < 4.78 is 0. The van der Waals surface area contributed by atoms with Crippen molar-refractivity contribution in [2.24, 2.45) is 5.92 Å². The Kier molecular flexibility index (Phi) is 5.14. The normalized spacial score (nSPS) is 15.4. The second-order valence-corrected chi connectivity index (χ2v) is 5.53. The highest BCUT2D eigenvalue weighted by atomic mass is 16.4. The van der Waals surface area contributed by atoms with Crippen molar-refractivity contribution < 1.29 is 19.5 Å². The molecule has 0 saturated carbocycles. The number of carboxylic acids is 1. The molecular weight excluding hydrogens is 284 g/mol. The number of nitrogens with zero attached hydrogens (tertiary/aromatic N) is 1. The van der Waals surface area contributed by atoms with Crippen LogP contribution in [0.4, 0.5) is 5.69 Å². The molecule has 0 radical (unpaired) electrons. The van der Waals surface area contributed by atoms with Gasteiger partial charge in [-0.25, -0.2) is 0 Å². The van der Waals surface area contributed by atoms with Gasteiger partial charge >= 0.3 is 5.97 Å². The van der Waals surface area contributed by atoms with Gasteiger partial charge in [0, 0.05) is 18.8 Å². The third-order valence-electron chi connectivity index (χ3n) is 3.93. The Labute approximate surface area is 129 Å². The lowest BCUT2D eigenvalue weighted by Gasteiger charge is -2.30. The minimum absolute atomic E-state index is 0.216. The van der Waals surface area contributed by atoms with Crippen LogP contribution in [0.1, 0.15) is 24.8 Å². The van der Waals surface area contributed by atoms with Crippen molar-refractivity contribution in [1.82, 2.24) is 4.90 Å². The Morgan fingerprint density at radius 2 is 1.86 bits per heavy atom. The monoisotopic (exact) mass is 304 g/mol. The number of rotatable bonds is 4. The third-order valence-corrected chi connectivity index (χ3v) is 3.93. The number of anilines is 1. The Morgan fingerprint density at radius 1 is 1.23 bits per heavy atom. The Balaban J connectivity index is 1.83. The maximum Gasteiger partial charge on any atom is 0.306 e. The van der Waals surface area contributed by atoms with E-state index in [9.17, 15) is 14.4 Å². The van der Waals surface area contributed by atoms with Gasteiger partial charge in [0.05, 0.1) is 5.92 Å². The van der Waals surface area contributed by atoms with Crippen molar-refractivity contribution in [2.45, 2.75) is 26.2 Å². The van der Waals surface area contributed by atoms with Crippen molar-refractivity contribution >= 4 is 23.5 Å². The molecule has 1 aromatic carbocycles. The van der Waals surface area contributed by atoms with Crippen LogP contribution in [-0.2, 0) is 14.4 Å². The van der Waals surface area contributed by atoms with Gasteiger partial charge in [0.15, 0.2) is 0 Å². The first-order valence-electron chi connectivity index (χ1n) is 7.33. The SMILES string of the molecule is Cc1ccccc1NC(=O)CC(=O)N1CCC(C(=O)O)CC1. The first-order valence-corrected chi connectivity index (χ1v) is 7.33. The number of nitrogens with one attached hydrogen (secondary N) is 1. The van der Waals surface area contributed by atoms with E-state index in [0.29, 0.717) is 31.6 Å². The summed E-state index contributed by atoms with van der Waals surface area (Å²) in [5.74, 6) is -1.80. The molecule has 6 heteroatoms. The Bertz CT molecular complexity index is 577. The van der Waals surface area contributed by atoms with Gasteiger partial charge in [0.2, 0.25) is 11.8 Å². The minimum Gasteiger partial charge on any atom is -0.481 e. The number of aryl methyl sites for hydroxylation is 1. The van der Waals surface area contributed by atoms with E-state index in [4.69, 9.17) is 5.11 Å². The number of hydrogen-bond acceptors (Lipinski definition) is 3. The fraction of sp³-hybridized carbons (Fsp3) is 0.438. The van der Waals surface area contributed by atoms with Crippen molar-refractivity contribution in [2.75, 3.05) is 18.4 Å². The molecule has 1 aliphatic heterocycles. The van der Waals surface area contributed by atoms with E-state index >= 15 is 0 Å². The molecule has 2 N–H and O–H groups in total. The summed E-state index contributed by atoms with van der Waals surface area (Å²) in [7, 11) is 0. The maximum atomic E-state index is 12.1. The van der Waals surface area contributed by atoms with Crippen LogP contribution in [0.5, 0.6) is 0 Å². The highest BCUT2D eigenvalue weighted by Gasteiger charge is 2.27. The second-order valence-electron chi connectivity index (χ2n) is 5.53. The van der Waals surface area contributed by atoms with Gasteiger partial charge < -0.3 is 15.3 Å². The fourth-order valence-electron chi connectivity index (χ4n) is 2.53. The van der Waals surface area contributed by atoms with Crippen LogP contribution in [0.2, 0.25) is 0 Å². The molecule has 0 aliphatic carbocycles. The van der Waals surface area contributed by atoms with Crippen LogP contribution in [0, 0.1) is 12.8 Å². The van der Waals surface area contributed by atoms with Gasteiger partial charge in [-0.05, 0) is 31.4 Å². The van der Waals surface area contributed by atoms with E-state index in [2.05, 4.69) is 5.32 Å². The maximum absolute atomic E-state index is 12.1. The van der Waals surface area contributed by atoms with Crippen LogP contribution in [-0.4, -0.2) is 40.9 Å². The smallest absolute Gasteiger partial charge is 0.306 e. The van der Waals surface area contributed by atoms with Crippen LogP contribution >= 0.6 is 0 Å². The van der Waals surface area contributed by atoms with E-state index in [1.165, 1.54) is 0 Å². The summed E-state index contributed by atoms with van der Waals surface area (Å²) in [6.07, 6.45) is 0.674. The minimum atomic E-state index is -0.815. The second kappa shape index (κ2) is 7.06. The summed E-state index contributed by atoms with van der Waals surface area (Å²) in [5.41, 5.74) is 1.63. The molecule has 2 amide bonds. The number of piperidine rings is 1. The highest BCUT2D eigenvalue weighted by Crippen LogP contribution is 2.18. The zero-order chi connectivity index (χ0) is 16.1. The molecule has 118 valence electrons. The third kappa shape index (κ3) is 4.07. The van der Waals surface area contributed by atoms with Crippen molar-refractivity contribution in [3.63, 3.8) is 0 Å². The molecule has 1 aliphatic rings. The van der Waals surface area contributed by atoms with Gasteiger partial charge in [-0.3, -0.25) is 14.4 Å². The van der Waals surface area contributed by atoms with Crippen molar-refractivity contribution in [1.29, 1.82) is 0 Å². The van der Waals surface area contributed by atoms with Gasteiger partial charge in [-0.15, -0.1) is 0 Å². The van der Waals surface area contributed by atoms with Gasteiger partial charge in [0.25, 0.3) is 0 Å². The van der Waals surface area contributed by atoms with Crippen molar-refractivity contribution in [3.8, 4) is 0 Å². The summed E-state index contributed by atoms with van der Waals surface area (Å²) in [6.45, 7) is 2.68. The molecule has 0 atom stereocenters. The quantitative estimate of drug-likeness (QED) is 0.828. The topological polar surface area (TPSA) is 86.7 Å². The molecule has 0 aromatic heterocycles. The molecule has 1 saturated heterocycles. The number of amides is 2. The van der Waals surface area contributed by atoms with E-state index in [1.807, 2.05) is 25.1 Å². The van der Waals surface area contributed by atoms with Crippen LogP contribution in [0.15, 0.2) is 24.3 Å². The van der Waals surface area contributed by atoms with E-state index in [1.54, 1.807) is 11.0 Å². The summed E-state index contributed by atoms with van der Waals surface area (Å²) in [6, 6.07) is 7.37. The molecular formula is C16H20N2O4. The number of carbonyl (C=O) groups is 3. The zero-order valence-electron chi connectivity index (χ0n) is 12.5. The number of carboxylic acid groups (broad SMARTS) is 1. The van der Waals surface area contributed by atoms with E-state index < -0.39 is 5.97 Å². The predicted octanol–water partition coefficient (Wildman–Crippen LogP) is 1.65. The number of aliphatic carboxylic acids is 1. The fourth-order valence-corrected chi connectivity index (χ4v) is 2.53. The zero-order valence-corrected chi connectivity index (χ0v) is 12.5. The first kappa shape index (κ1) is 16.0. The summed E-state index contributed by atoms with van der Waals surface area (Å²) in [5, 5.41) is 11.7. The van der Waals surface area contributed by atoms with Gasteiger partial charge in [0.1, 0.15) is 6.42 Å². The molecule has 0 bridgehead atoms. The number of likely N-dealkylation sites (tertiary alicyclic amines) is 1. The summed E-state index contributed by atoms with van der Waals surface area (Å²) >= 11 is 0. The lowest BCUT2D eigenvalue weighted by atomic mass is 9.97. The van der Waals surface area contributed by atoms with Crippen LogP contribution in [0.25, 0.3) is 0 Å². The molecule has 22 heavy (non-hydrogen) atoms. The molecule has 1 fully saturated rings. The molecule has 1 aromatic rings. The predicted molar refractivity (Wildman–Crippen MR) is 81.4 cm³/mol. The summed E-state index contributed by atoms with van der Waals surface area (Å²) in [4.78, 5) is 36.5. The largest absolute Gasteiger partial charge is 0.481 e. The number of benzene rings is 1. The molecule has 1 heterocycles. The van der Waals surface area contributed by atoms with E-state index in [0.717, 1.165) is 5.56 Å². The number of carbonyl (C=O) groups excluding carboxylic acids is 2. The lowest BCUT2D eigenvalue weighted by Crippen LogP contribution is -2.41. The Morgan fingerprint density at radius 3 is 2.45 bits per heavy atom. The van der Waals surface area contributed by atoms with Gasteiger partial charge in [-0.1, -0.05) is 18.2 Å². The number of hydrogen-bond donors (Lipinski definition) is 2. The molecule has 0 spiro atoms. The van der Waals surface area contributed by atoms with Crippen molar-refractivity contribution in [3.05, 3.63) is 29.8 Å². The van der Waals surface area contributed by atoms with Crippen LogP contribution in [0.3, 0.4) is 0 Å². The number of para-hydroxylation sites is 1. The average molecular weight is 304 g/mol. The first-order chi connectivity index (χ1) is 10.5. The highest BCUT2D eigenvalue weighted by molar-refractivity contribution is 6.03. The average Bonchev–Trinajstić information content (AvgIpc) is 2.49. The standard InChI is InChI=1S/C16H20N2O4/c1-11-4-2-3-5-13(11)17-14(19)10-15(20)18-8-6-12(7-9-18)16(21)22/h2-5,12H,6-10H2,1H3,(H,17,19)(H,21,22). The van der Waals surface area contributed by atoms with Crippen LogP contribution < -0.4 is 5.32 Å². The van der Waals surface area contributed by atoms with Gasteiger partial charge in [-0.2, -0.15) is 0 Å². The molecule has 2 rings (SSSR count).